The Labute approximate surface area is 707 Å². The molecular formula is C99H93Br2IO12Si. The maximum Gasteiger partial charge on any atom is 0.192 e. The van der Waals surface area contributed by atoms with E-state index in [-0.39, 0.29) is 51.3 Å². The van der Waals surface area contributed by atoms with Crippen LogP contribution in [0, 0.1) is 3.57 Å². The molecule has 0 bridgehead atoms. The zero-order valence-corrected chi connectivity index (χ0v) is 71.4. The molecule has 12 nitrogen and oxygen atoms in total. The summed E-state index contributed by atoms with van der Waals surface area (Å²) in [6.07, 6.45) is -3.28. The first-order chi connectivity index (χ1) is 56.2. The molecule has 0 aliphatic carbocycles. The first kappa shape index (κ1) is 81.3. The van der Waals surface area contributed by atoms with E-state index in [1.165, 1.54) is 0 Å². The molecule has 14 rings (SSSR count). The van der Waals surface area contributed by atoms with Crippen LogP contribution < -0.4 is 47.4 Å². The number of benzene rings is 13. The average Bonchev–Trinajstić information content (AvgIpc) is 0.720. The molecule has 115 heavy (non-hydrogen) atoms. The Balaban J connectivity index is 1.02. The van der Waals surface area contributed by atoms with Gasteiger partial charge in [0.05, 0.1) is 22.2 Å². The lowest BCUT2D eigenvalue weighted by atomic mass is 9.78. The molecular weight excluding hydrogens is 1700 g/mol. The Kier molecular flexibility index (Phi) is 27.8. The number of alkyl halides is 1. The number of hydrogen-bond acceptors (Lipinski definition) is 12. The zero-order valence-electron chi connectivity index (χ0n) is 65.1. The first-order valence-electron chi connectivity index (χ1n) is 38.8. The summed E-state index contributed by atoms with van der Waals surface area (Å²) >= 11 is 10.7. The van der Waals surface area contributed by atoms with Gasteiger partial charge in [-0.3, -0.25) is 0 Å². The van der Waals surface area contributed by atoms with Gasteiger partial charge in [-0.05, 0) is 142 Å². The van der Waals surface area contributed by atoms with E-state index in [1.54, 1.807) is 0 Å². The minimum absolute atomic E-state index is 0.134. The second kappa shape index (κ2) is 39.4. The second-order valence-corrected chi connectivity index (χ2v) is 37.1. The summed E-state index contributed by atoms with van der Waals surface area (Å²) in [5.74, 6) is 4.04. The molecule has 0 unspecified atom stereocenters. The molecule has 0 fully saturated rings. The highest BCUT2D eigenvalue weighted by molar-refractivity contribution is 14.1. The van der Waals surface area contributed by atoms with Gasteiger partial charge in [-0.1, -0.05) is 322 Å². The summed E-state index contributed by atoms with van der Waals surface area (Å²) in [5.41, 5.74) is 11.5. The summed E-state index contributed by atoms with van der Waals surface area (Å²) in [6, 6.07) is 108. The lowest BCUT2D eigenvalue weighted by Gasteiger charge is -2.42. The molecule has 5 atom stereocenters. The molecule has 13 aromatic carbocycles. The highest BCUT2D eigenvalue weighted by Crippen LogP contribution is 2.61. The van der Waals surface area contributed by atoms with Crippen molar-refractivity contribution in [2.24, 2.45) is 0 Å². The van der Waals surface area contributed by atoms with Crippen LogP contribution in [-0.4, -0.2) is 25.9 Å². The third-order valence-electron chi connectivity index (χ3n) is 20.6. The molecule has 13 aromatic rings. The summed E-state index contributed by atoms with van der Waals surface area (Å²) in [7, 11) is -2.61. The molecule has 0 radical (unpaired) electrons. The van der Waals surface area contributed by atoms with Crippen LogP contribution in [0.15, 0.2) is 326 Å². The predicted molar refractivity (Wildman–Crippen MR) is 472 cm³/mol. The fourth-order valence-corrected chi connectivity index (χ4v) is 16.8. The topological polar surface area (TPSA) is 111 Å². The van der Waals surface area contributed by atoms with Crippen LogP contribution in [0.5, 0.6) is 57.5 Å². The molecule has 16 heteroatoms. The van der Waals surface area contributed by atoms with Crippen molar-refractivity contribution < 1.29 is 56.5 Å². The number of fused-ring (bicyclic) bond motifs is 1. The van der Waals surface area contributed by atoms with Gasteiger partial charge >= 0.3 is 0 Å². The lowest BCUT2D eigenvalue weighted by Crippen LogP contribution is -2.46. The van der Waals surface area contributed by atoms with Crippen LogP contribution >= 0.6 is 54.5 Å². The molecule has 1 aliphatic rings. The quantitative estimate of drug-likeness (QED) is 0.0212. The molecule has 1 heterocycles. The van der Waals surface area contributed by atoms with Crippen molar-refractivity contribution in [1.29, 1.82) is 0 Å². The summed E-state index contributed by atoms with van der Waals surface area (Å²) in [4.78, 5) is 0. The van der Waals surface area contributed by atoms with E-state index >= 15 is 0 Å². The summed E-state index contributed by atoms with van der Waals surface area (Å²) in [5, 5.41) is 0.209. The van der Waals surface area contributed by atoms with Crippen LogP contribution in [0.1, 0.15) is 111 Å². The number of halogens is 3. The minimum Gasteiger partial charge on any atom is -0.488 e. The summed E-state index contributed by atoms with van der Waals surface area (Å²) in [6.45, 7) is 13.3. The van der Waals surface area contributed by atoms with Gasteiger partial charge < -0.3 is 56.5 Å². The van der Waals surface area contributed by atoms with Gasteiger partial charge in [-0.15, -0.1) is 0 Å². The fourth-order valence-electron chi connectivity index (χ4n) is 13.5. The van der Waals surface area contributed by atoms with Gasteiger partial charge in [0, 0.05) is 28.6 Å². The standard InChI is InChI=1S/C99H93Br2IO12Si/c1-99(2,3)115(4,5)114-88(59-100)94(78-51-53-80(103-60-69-33-15-6-16-34-69)82(55-78)105-62-71-37-19-8-20-38-71)112-87-58-85(108-65-74-43-25-11-26-44-74)90(97(93(87)102)110-67-76-47-29-13-30-48-76)91-89-84(107-64-73-41-23-10-24-42-73)57-86(109-66-75-45-27-12-28-46-75)92(101)96(89)113-95(98(91)111-68-77-49-31-14-32-50-77)79-52-54-81(104-61-70-35-17-7-18-36-70)83(56-79)106-63-72-39-21-9-22-40-72/h6-58,88,91,94-95,98H,59-68H2,1-5H3/t88-,91-,94+,95+,98-/m0/s1. The van der Waals surface area contributed by atoms with Crippen LogP contribution in [-0.2, 0) is 68.6 Å². The van der Waals surface area contributed by atoms with Crippen LogP contribution in [0.3, 0.4) is 0 Å². The molecule has 0 N–H and O–H groups in total. The third kappa shape index (κ3) is 21.2. The van der Waals surface area contributed by atoms with Crippen molar-refractivity contribution in [2.45, 2.75) is 129 Å². The van der Waals surface area contributed by atoms with Crippen LogP contribution in [0.25, 0.3) is 0 Å². The van der Waals surface area contributed by atoms with Gasteiger partial charge in [-0.2, -0.15) is 0 Å². The molecule has 586 valence electrons. The van der Waals surface area contributed by atoms with Crippen molar-refractivity contribution in [2.75, 3.05) is 5.33 Å². The van der Waals surface area contributed by atoms with Crippen molar-refractivity contribution in [1.82, 2.24) is 0 Å². The van der Waals surface area contributed by atoms with E-state index in [9.17, 15) is 0 Å². The maximum absolute atomic E-state index is 7.96. The second-order valence-electron chi connectivity index (χ2n) is 29.9. The van der Waals surface area contributed by atoms with E-state index in [0.29, 0.717) is 95.2 Å². The normalized spacial score (nSPS) is 14.4. The predicted octanol–water partition coefficient (Wildman–Crippen LogP) is 25.4. The largest absolute Gasteiger partial charge is 0.488 e. The highest BCUT2D eigenvalue weighted by atomic mass is 127. The average molecular weight is 1790 g/mol. The van der Waals surface area contributed by atoms with Crippen LogP contribution in [0.2, 0.25) is 18.1 Å². The van der Waals surface area contributed by atoms with E-state index in [1.807, 2.05) is 218 Å². The van der Waals surface area contributed by atoms with Crippen LogP contribution in [0.4, 0.5) is 0 Å². The first-order valence-corrected chi connectivity index (χ1v) is 44.7. The number of ether oxygens (including phenoxy) is 11. The zero-order chi connectivity index (χ0) is 79.4. The molecule has 0 aromatic heterocycles. The minimum atomic E-state index is -2.61. The van der Waals surface area contributed by atoms with Gasteiger partial charge in [-0.25, -0.2) is 0 Å². The Hall–Kier alpha value is -10.3. The highest BCUT2D eigenvalue weighted by Gasteiger charge is 2.49. The lowest BCUT2D eigenvalue weighted by molar-refractivity contribution is -0.0581. The van der Waals surface area contributed by atoms with Crippen molar-refractivity contribution >= 4 is 62.8 Å². The van der Waals surface area contributed by atoms with E-state index in [2.05, 4.69) is 191 Å². The smallest absolute Gasteiger partial charge is 0.192 e. The van der Waals surface area contributed by atoms with Gasteiger partial charge in [0.25, 0.3) is 0 Å². The van der Waals surface area contributed by atoms with E-state index in [4.69, 9.17) is 56.5 Å². The number of hydrogen-bond donors (Lipinski definition) is 0. The number of rotatable bonds is 36. The van der Waals surface area contributed by atoms with E-state index < -0.39 is 38.7 Å². The molecule has 0 saturated heterocycles. The van der Waals surface area contributed by atoms with Gasteiger partial charge in [0.1, 0.15) is 104 Å². The molecule has 0 amide bonds. The van der Waals surface area contributed by atoms with Crippen molar-refractivity contribution in [3.05, 3.63) is 402 Å². The molecule has 0 spiro atoms. The van der Waals surface area contributed by atoms with Crippen molar-refractivity contribution in [3.8, 4) is 57.5 Å². The van der Waals surface area contributed by atoms with Gasteiger partial charge in [0.15, 0.2) is 37.4 Å². The summed E-state index contributed by atoms with van der Waals surface area (Å²) < 4.78 is 89.6. The SMILES string of the molecule is CC(C)(C)[Si](C)(C)O[C@@H](CBr)[C@H](Oc1cc(OCc2ccccc2)c([C@@H]2c3c(OCc4ccccc4)cc(OCc4ccccc4)c(Br)c3O[C@H](c3ccc(OCc4ccccc4)c(OCc4ccccc4)c3)[C@H]2OCc2ccccc2)c(OCc2ccccc2)c1I)c1ccc(OCc2ccccc2)c(OCc2ccccc2)c1. The Morgan fingerprint density at radius 1 is 0.374 bits per heavy atom. The Morgan fingerprint density at radius 2 is 0.713 bits per heavy atom. The molecule has 1 aliphatic heterocycles. The van der Waals surface area contributed by atoms with E-state index in [0.717, 1.165) is 61.2 Å². The van der Waals surface area contributed by atoms with Crippen molar-refractivity contribution in [3.63, 3.8) is 0 Å². The monoisotopic (exact) mass is 1790 g/mol. The molecule has 0 saturated carbocycles. The fraction of sp³-hybridized carbons (Fsp3) is 0.212. The Bertz CT molecular complexity index is 5230. The maximum atomic E-state index is 7.96. The third-order valence-corrected chi connectivity index (χ3v) is 27.5. The van der Waals surface area contributed by atoms with Gasteiger partial charge in [0.2, 0.25) is 0 Å². The Morgan fingerprint density at radius 3 is 1.11 bits per heavy atom.